The summed E-state index contributed by atoms with van der Waals surface area (Å²) in [6.07, 6.45) is 0. The van der Waals surface area contributed by atoms with Gasteiger partial charge in [0.25, 0.3) is 0 Å². The van der Waals surface area contributed by atoms with Crippen molar-refractivity contribution >= 4 is 65.3 Å². The molecular weight excluding hydrogens is 498 g/mol. The van der Waals surface area contributed by atoms with Gasteiger partial charge in [-0.2, -0.15) is 0 Å². The zero-order chi connectivity index (χ0) is 27.0. The van der Waals surface area contributed by atoms with E-state index in [9.17, 15) is 0 Å². The molecule has 0 aliphatic heterocycles. The lowest BCUT2D eigenvalue weighted by molar-refractivity contribution is 0.661. The van der Waals surface area contributed by atoms with E-state index in [1.165, 1.54) is 76.4 Å². The van der Waals surface area contributed by atoms with Gasteiger partial charge in [-0.3, -0.25) is 0 Å². The smallest absolute Gasteiger partial charge is 0.138 e. The van der Waals surface area contributed by atoms with Crippen molar-refractivity contribution in [2.45, 2.75) is 19.3 Å². The van der Waals surface area contributed by atoms with Gasteiger partial charge in [-0.25, -0.2) is 0 Å². The predicted octanol–water partition coefficient (Wildman–Crippen LogP) is 10.7. The Bertz CT molecular complexity index is 2560. The van der Waals surface area contributed by atoms with Crippen LogP contribution in [0.2, 0.25) is 0 Å². The summed E-state index contributed by atoms with van der Waals surface area (Å²) in [4.78, 5) is 0. The molecule has 0 saturated carbocycles. The first kappa shape index (κ1) is 21.7. The van der Waals surface area contributed by atoms with Crippen LogP contribution in [0.15, 0.2) is 120 Å². The van der Waals surface area contributed by atoms with Crippen LogP contribution in [-0.2, 0) is 5.41 Å². The third kappa shape index (κ3) is 2.55. The number of para-hydroxylation sites is 1. The van der Waals surface area contributed by atoms with Gasteiger partial charge in [0, 0.05) is 33.0 Å². The van der Waals surface area contributed by atoms with Crippen LogP contribution >= 0.6 is 0 Å². The molecule has 7 aromatic carbocycles. The molecule has 2 aromatic heterocycles. The fourth-order valence-corrected chi connectivity index (χ4v) is 7.89. The standard InChI is InChI=1S/C39H25NO/c1-39(2)31-15-7-5-12-25(31)28-20-29-26-13-6-8-16-33(26)40(34(29)21-32(28)39)22-18-30-24-11-4-3-10-23(24)27-14-9-17-35-37(27)38(30)36(19-22)41-35/h3-21H,1-2H3. The Kier molecular flexibility index (Phi) is 3.79. The Balaban J connectivity index is 1.37. The number of hydrogen-bond acceptors (Lipinski definition) is 1. The molecule has 0 bridgehead atoms. The summed E-state index contributed by atoms with van der Waals surface area (Å²) in [5.41, 5.74) is 10.9. The van der Waals surface area contributed by atoms with E-state index in [1.807, 2.05) is 0 Å². The average molecular weight is 524 g/mol. The molecule has 192 valence electrons. The van der Waals surface area contributed by atoms with E-state index in [-0.39, 0.29) is 5.41 Å². The largest absolute Gasteiger partial charge is 0.456 e. The van der Waals surface area contributed by atoms with Crippen molar-refractivity contribution in [3.05, 3.63) is 126 Å². The monoisotopic (exact) mass is 523 g/mol. The maximum Gasteiger partial charge on any atom is 0.138 e. The fraction of sp³-hybridized carbons (Fsp3) is 0.0769. The van der Waals surface area contributed by atoms with Crippen molar-refractivity contribution in [1.29, 1.82) is 0 Å². The zero-order valence-corrected chi connectivity index (χ0v) is 22.8. The van der Waals surface area contributed by atoms with Crippen LogP contribution in [0.1, 0.15) is 25.0 Å². The molecule has 0 atom stereocenters. The van der Waals surface area contributed by atoms with Crippen molar-refractivity contribution in [3.63, 3.8) is 0 Å². The molecule has 0 saturated heterocycles. The van der Waals surface area contributed by atoms with Crippen LogP contribution in [0.4, 0.5) is 0 Å². The van der Waals surface area contributed by atoms with Crippen molar-refractivity contribution in [3.8, 4) is 16.8 Å². The molecule has 2 heteroatoms. The maximum atomic E-state index is 6.58. The zero-order valence-electron chi connectivity index (χ0n) is 22.8. The number of fused-ring (bicyclic) bond motifs is 9. The highest BCUT2D eigenvalue weighted by Crippen LogP contribution is 2.51. The summed E-state index contributed by atoms with van der Waals surface area (Å²) in [5, 5.41) is 10.0. The van der Waals surface area contributed by atoms with E-state index in [0.717, 1.165) is 16.9 Å². The lowest BCUT2D eigenvalue weighted by Crippen LogP contribution is -2.14. The number of furan rings is 1. The van der Waals surface area contributed by atoms with Crippen LogP contribution < -0.4 is 0 Å². The quantitative estimate of drug-likeness (QED) is 0.196. The second-order valence-corrected chi connectivity index (χ2v) is 12.1. The van der Waals surface area contributed by atoms with Crippen LogP contribution in [-0.4, -0.2) is 4.57 Å². The third-order valence-electron chi connectivity index (χ3n) is 9.72. The molecule has 0 radical (unpaired) electrons. The van der Waals surface area contributed by atoms with Crippen molar-refractivity contribution in [2.24, 2.45) is 0 Å². The van der Waals surface area contributed by atoms with Crippen LogP contribution in [0.5, 0.6) is 0 Å². The predicted molar refractivity (Wildman–Crippen MR) is 172 cm³/mol. The van der Waals surface area contributed by atoms with Crippen molar-refractivity contribution in [2.75, 3.05) is 0 Å². The van der Waals surface area contributed by atoms with Crippen molar-refractivity contribution in [1.82, 2.24) is 4.57 Å². The molecule has 0 amide bonds. The highest BCUT2D eigenvalue weighted by atomic mass is 16.3. The molecule has 0 N–H and O–H groups in total. The Morgan fingerprint density at radius 2 is 1.20 bits per heavy atom. The van der Waals surface area contributed by atoms with Gasteiger partial charge in [0.2, 0.25) is 0 Å². The first-order valence-electron chi connectivity index (χ1n) is 14.4. The average Bonchev–Trinajstić information content (AvgIpc) is 3.62. The number of rotatable bonds is 1. The third-order valence-corrected chi connectivity index (χ3v) is 9.72. The second kappa shape index (κ2) is 7.16. The van der Waals surface area contributed by atoms with E-state index in [2.05, 4.69) is 134 Å². The SMILES string of the molecule is CC1(C)c2ccccc2-c2cc3c4ccccc4n(-c4cc5oc6cccc7c8ccccc8c(c4)c5c67)c3cc21. The molecule has 0 spiro atoms. The van der Waals surface area contributed by atoms with E-state index in [0.29, 0.717) is 0 Å². The molecule has 1 aliphatic carbocycles. The number of hydrogen-bond donors (Lipinski definition) is 0. The van der Waals surface area contributed by atoms with Crippen LogP contribution in [0.3, 0.4) is 0 Å². The molecule has 10 rings (SSSR count). The number of aromatic nitrogens is 1. The minimum absolute atomic E-state index is 0.0641. The first-order valence-corrected chi connectivity index (χ1v) is 14.4. The van der Waals surface area contributed by atoms with Gasteiger partial charge in [0.15, 0.2) is 0 Å². The normalized spacial score (nSPS) is 14.3. The highest BCUT2D eigenvalue weighted by Gasteiger charge is 2.36. The van der Waals surface area contributed by atoms with E-state index in [4.69, 9.17) is 4.42 Å². The summed E-state index contributed by atoms with van der Waals surface area (Å²) in [7, 11) is 0. The van der Waals surface area contributed by atoms with Gasteiger partial charge in [0.05, 0.1) is 16.7 Å². The van der Waals surface area contributed by atoms with Gasteiger partial charge in [0.1, 0.15) is 11.2 Å². The number of nitrogens with zero attached hydrogens (tertiary/aromatic N) is 1. The fourth-order valence-electron chi connectivity index (χ4n) is 7.89. The summed E-state index contributed by atoms with van der Waals surface area (Å²) in [5.74, 6) is 0. The minimum atomic E-state index is -0.0641. The molecule has 2 heterocycles. The Hall–Kier alpha value is -5.08. The van der Waals surface area contributed by atoms with Gasteiger partial charge in [-0.1, -0.05) is 92.7 Å². The Morgan fingerprint density at radius 3 is 2.07 bits per heavy atom. The summed E-state index contributed by atoms with van der Waals surface area (Å²) in [6, 6.07) is 42.4. The molecule has 0 unspecified atom stereocenters. The molecule has 41 heavy (non-hydrogen) atoms. The summed E-state index contributed by atoms with van der Waals surface area (Å²) in [6.45, 7) is 4.71. The van der Waals surface area contributed by atoms with Gasteiger partial charge >= 0.3 is 0 Å². The molecular formula is C39H25NO. The van der Waals surface area contributed by atoms with Crippen molar-refractivity contribution < 1.29 is 4.42 Å². The van der Waals surface area contributed by atoms with Gasteiger partial charge in [-0.15, -0.1) is 0 Å². The topological polar surface area (TPSA) is 18.1 Å². The lowest BCUT2D eigenvalue weighted by Gasteiger charge is -2.21. The molecule has 9 aromatic rings. The highest BCUT2D eigenvalue weighted by molar-refractivity contribution is 6.33. The van der Waals surface area contributed by atoms with Crippen LogP contribution in [0, 0.1) is 0 Å². The minimum Gasteiger partial charge on any atom is -0.456 e. The van der Waals surface area contributed by atoms with E-state index in [1.54, 1.807) is 0 Å². The second-order valence-electron chi connectivity index (χ2n) is 12.1. The van der Waals surface area contributed by atoms with E-state index >= 15 is 0 Å². The number of benzene rings is 7. The first-order chi connectivity index (χ1) is 20.1. The van der Waals surface area contributed by atoms with E-state index < -0.39 is 0 Å². The van der Waals surface area contributed by atoms with Gasteiger partial charge < -0.3 is 8.98 Å². The van der Waals surface area contributed by atoms with Crippen LogP contribution in [0.25, 0.3) is 82.1 Å². The maximum absolute atomic E-state index is 6.58. The summed E-state index contributed by atoms with van der Waals surface area (Å²) >= 11 is 0. The molecule has 0 fully saturated rings. The lowest BCUT2D eigenvalue weighted by atomic mass is 9.82. The molecule has 1 aliphatic rings. The van der Waals surface area contributed by atoms with Gasteiger partial charge in [-0.05, 0) is 74.1 Å². The Morgan fingerprint density at radius 1 is 0.488 bits per heavy atom. The molecule has 2 nitrogen and oxygen atoms in total. The Labute approximate surface area is 236 Å². The summed E-state index contributed by atoms with van der Waals surface area (Å²) < 4.78 is 9.03.